The summed E-state index contributed by atoms with van der Waals surface area (Å²) >= 11 is 7.46. The van der Waals surface area contributed by atoms with E-state index in [0.29, 0.717) is 47.2 Å². The van der Waals surface area contributed by atoms with Crippen molar-refractivity contribution in [3.63, 3.8) is 0 Å². The van der Waals surface area contributed by atoms with Gasteiger partial charge in [0.25, 0.3) is 11.1 Å². The molecule has 1 aromatic heterocycles. The zero-order valence-corrected chi connectivity index (χ0v) is 15.4. The molecule has 1 aliphatic heterocycles. The number of para-hydroxylation sites is 1. The molecule has 0 bridgehead atoms. The first-order chi connectivity index (χ1) is 12.6. The summed E-state index contributed by atoms with van der Waals surface area (Å²) in [5.41, 5.74) is 0.869. The first-order valence-electron chi connectivity index (χ1n) is 8.37. The van der Waals surface area contributed by atoms with Gasteiger partial charge in [-0.3, -0.25) is 4.79 Å². The SMILES string of the molecule is O=C(c1ccccc1Cl)N1CCC(Oc2nc3c(F)cccc3s2)CC1. The van der Waals surface area contributed by atoms with E-state index >= 15 is 0 Å². The maximum absolute atomic E-state index is 13.7. The van der Waals surface area contributed by atoms with E-state index in [2.05, 4.69) is 4.98 Å². The van der Waals surface area contributed by atoms with Crippen LogP contribution in [0, 0.1) is 5.82 Å². The van der Waals surface area contributed by atoms with Gasteiger partial charge in [0.2, 0.25) is 0 Å². The topological polar surface area (TPSA) is 42.4 Å². The predicted octanol–water partition coefficient (Wildman–Crippen LogP) is 4.77. The highest BCUT2D eigenvalue weighted by Crippen LogP contribution is 2.31. The molecule has 0 aliphatic carbocycles. The Bertz CT molecular complexity index is 954. The highest BCUT2D eigenvalue weighted by molar-refractivity contribution is 7.20. The number of aromatic nitrogens is 1. The van der Waals surface area contributed by atoms with Gasteiger partial charge in [-0.15, -0.1) is 0 Å². The van der Waals surface area contributed by atoms with E-state index in [1.54, 1.807) is 35.2 Å². The van der Waals surface area contributed by atoms with E-state index in [4.69, 9.17) is 16.3 Å². The molecule has 0 N–H and O–H groups in total. The standard InChI is InChI=1S/C19H16ClFN2O2S/c20-14-5-2-1-4-13(14)18(24)23-10-8-12(9-11-23)25-19-22-17-15(21)6-3-7-16(17)26-19/h1-7,12H,8-11H2. The summed E-state index contributed by atoms with van der Waals surface area (Å²) in [7, 11) is 0. The fraction of sp³-hybridized carbons (Fsp3) is 0.263. The lowest BCUT2D eigenvalue weighted by Gasteiger charge is -2.31. The first kappa shape index (κ1) is 17.2. The lowest BCUT2D eigenvalue weighted by atomic mass is 10.1. The van der Waals surface area contributed by atoms with Gasteiger partial charge < -0.3 is 9.64 Å². The number of likely N-dealkylation sites (tertiary alicyclic amines) is 1. The summed E-state index contributed by atoms with van der Waals surface area (Å²) < 4.78 is 20.4. The minimum Gasteiger partial charge on any atom is -0.467 e. The van der Waals surface area contributed by atoms with E-state index in [1.165, 1.54) is 17.4 Å². The van der Waals surface area contributed by atoms with Gasteiger partial charge in [0.15, 0.2) is 0 Å². The molecule has 0 spiro atoms. The average Bonchev–Trinajstić information content (AvgIpc) is 3.06. The lowest BCUT2D eigenvalue weighted by Crippen LogP contribution is -2.41. The third-order valence-corrected chi connectivity index (χ3v) is 5.69. The maximum Gasteiger partial charge on any atom is 0.274 e. The summed E-state index contributed by atoms with van der Waals surface area (Å²) in [6, 6.07) is 12.0. The Morgan fingerprint density at radius 2 is 1.96 bits per heavy atom. The number of halogens is 2. The van der Waals surface area contributed by atoms with Crippen molar-refractivity contribution in [3.8, 4) is 5.19 Å². The van der Waals surface area contributed by atoms with Gasteiger partial charge in [-0.1, -0.05) is 41.1 Å². The Kier molecular flexibility index (Phi) is 4.78. The highest BCUT2D eigenvalue weighted by atomic mass is 35.5. The zero-order valence-electron chi connectivity index (χ0n) is 13.8. The number of hydrogen-bond donors (Lipinski definition) is 0. The molecule has 2 aromatic carbocycles. The van der Waals surface area contributed by atoms with Crippen molar-refractivity contribution in [1.29, 1.82) is 0 Å². The van der Waals surface area contributed by atoms with Crippen molar-refractivity contribution < 1.29 is 13.9 Å². The molecule has 4 rings (SSSR count). The van der Waals surface area contributed by atoms with Gasteiger partial charge >= 0.3 is 0 Å². The molecule has 1 amide bonds. The van der Waals surface area contributed by atoms with Crippen molar-refractivity contribution in [1.82, 2.24) is 9.88 Å². The van der Waals surface area contributed by atoms with Crippen LogP contribution in [0.5, 0.6) is 5.19 Å². The van der Waals surface area contributed by atoms with Crippen LogP contribution in [0.3, 0.4) is 0 Å². The van der Waals surface area contributed by atoms with Crippen LogP contribution in [0.15, 0.2) is 42.5 Å². The van der Waals surface area contributed by atoms with E-state index in [1.807, 2.05) is 6.07 Å². The number of rotatable bonds is 3. The monoisotopic (exact) mass is 390 g/mol. The van der Waals surface area contributed by atoms with Crippen LogP contribution in [0.2, 0.25) is 5.02 Å². The summed E-state index contributed by atoms with van der Waals surface area (Å²) in [6.45, 7) is 1.18. The number of fused-ring (bicyclic) bond motifs is 1. The molecule has 0 saturated carbocycles. The van der Waals surface area contributed by atoms with Gasteiger partial charge in [0.05, 0.1) is 15.3 Å². The minimum absolute atomic E-state index is 0.0334. The molecule has 2 heterocycles. The molecule has 0 atom stereocenters. The highest BCUT2D eigenvalue weighted by Gasteiger charge is 2.26. The Morgan fingerprint density at radius 3 is 2.69 bits per heavy atom. The predicted molar refractivity (Wildman–Crippen MR) is 101 cm³/mol. The van der Waals surface area contributed by atoms with Gasteiger partial charge in [-0.2, -0.15) is 4.98 Å². The van der Waals surface area contributed by atoms with Crippen molar-refractivity contribution in [2.75, 3.05) is 13.1 Å². The van der Waals surface area contributed by atoms with Crippen molar-refractivity contribution >= 4 is 39.1 Å². The van der Waals surface area contributed by atoms with Crippen LogP contribution >= 0.6 is 22.9 Å². The third-order valence-electron chi connectivity index (χ3n) is 4.45. The third kappa shape index (κ3) is 3.39. The number of piperidine rings is 1. The average molecular weight is 391 g/mol. The van der Waals surface area contributed by atoms with Crippen LogP contribution in [-0.4, -0.2) is 35.0 Å². The normalized spacial score (nSPS) is 15.4. The van der Waals surface area contributed by atoms with Gasteiger partial charge in [0.1, 0.15) is 17.4 Å². The van der Waals surface area contributed by atoms with E-state index < -0.39 is 0 Å². The molecule has 4 nitrogen and oxygen atoms in total. The molecule has 1 saturated heterocycles. The van der Waals surface area contributed by atoms with E-state index in [-0.39, 0.29) is 17.8 Å². The van der Waals surface area contributed by atoms with Gasteiger partial charge in [-0.05, 0) is 24.3 Å². The Morgan fingerprint density at radius 1 is 1.19 bits per heavy atom. The zero-order chi connectivity index (χ0) is 18.1. The molecule has 0 unspecified atom stereocenters. The summed E-state index contributed by atoms with van der Waals surface area (Å²) in [5.74, 6) is -0.398. The molecule has 0 radical (unpaired) electrons. The number of nitrogens with zero attached hydrogens (tertiary/aromatic N) is 2. The van der Waals surface area contributed by atoms with Crippen LogP contribution in [0.1, 0.15) is 23.2 Å². The maximum atomic E-state index is 13.7. The Hall–Kier alpha value is -2.18. The molecule has 26 heavy (non-hydrogen) atoms. The number of carbonyl (C=O) groups is 1. The molecule has 7 heteroatoms. The summed E-state index contributed by atoms with van der Waals surface area (Å²) in [4.78, 5) is 18.6. The second kappa shape index (κ2) is 7.21. The van der Waals surface area contributed by atoms with Crippen molar-refractivity contribution in [2.24, 2.45) is 0 Å². The summed E-state index contributed by atoms with van der Waals surface area (Å²) in [5, 5.41) is 0.938. The fourth-order valence-electron chi connectivity index (χ4n) is 3.07. The lowest BCUT2D eigenvalue weighted by molar-refractivity contribution is 0.0595. The number of amides is 1. The first-order valence-corrected chi connectivity index (χ1v) is 9.57. The van der Waals surface area contributed by atoms with Crippen LogP contribution in [0.4, 0.5) is 4.39 Å². The number of thiazole rings is 1. The molecule has 1 aliphatic rings. The molecule has 3 aromatic rings. The van der Waals surface area contributed by atoms with Crippen LogP contribution in [0.25, 0.3) is 10.2 Å². The number of benzene rings is 2. The van der Waals surface area contributed by atoms with E-state index in [9.17, 15) is 9.18 Å². The Balaban J connectivity index is 1.39. The fourth-order valence-corrected chi connectivity index (χ4v) is 4.18. The number of carbonyl (C=O) groups excluding carboxylic acids is 1. The quantitative estimate of drug-likeness (QED) is 0.646. The molecule has 134 valence electrons. The molecular weight excluding hydrogens is 375 g/mol. The van der Waals surface area contributed by atoms with Gasteiger partial charge in [0, 0.05) is 25.9 Å². The van der Waals surface area contributed by atoms with Crippen molar-refractivity contribution in [2.45, 2.75) is 18.9 Å². The number of hydrogen-bond acceptors (Lipinski definition) is 4. The second-order valence-electron chi connectivity index (χ2n) is 6.16. The smallest absolute Gasteiger partial charge is 0.274 e. The van der Waals surface area contributed by atoms with Gasteiger partial charge in [-0.25, -0.2) is 4.39 Å². The molecule has 1 fully saturated rings. The largest absolute Gasteiger partial charge is 0.467 e. The van der Waals surface area contributed by atoms with E-state index in [0.717, 1.165) is 4.70 Å². The molecular formula is C19H16ClFN2O2S. The van der Waals surface area contributed by atoms with Crippen LogP contribution < -0.4 is 4.74 Å². The minimum atomic E-state index is -0.339. The Labute approximate surface area is 159 Å². The van der Waals surface area contributed by atoms with Crippen molar-refractivity contribution in [3.05, 3.63) is 58.9 Å². The van der Waals surface area contributed by atoms with Crippen LogP contribution in [-0.2, 0) is 0 Å². The number of ether oxygens (including phenoxy) is 1. The second-order valence-corrected chi connectivity index (χ2v) is 7.56. The summed E-state index contributed by atoms with van der Waals surface area (Å²) in [6.07, 6.45) is 1.37.